The van der Waals surface area contributed by atoms with Crippen LogP contribution in [0.4, 0.5) is 0 Å². The Balaban J connectivity index is 2.23. The van der Waals surface area contributed by atoms with Gasteiger partial charge in [0.2, 0.25) is 0 Å². The van der Waals surface area contributed by atoms with E-state index in [9.17, 15) is 5.11 Å². The molecule has 2 rings (SSSR count). The van der Waals surface area contributed by atoms with Gasteiger partial charge in [-0.25, -0.2) is 0 Å². The molecule has 17 heavy (non-hydrogen) atoms. The van der Waals surface area contributed by atoms with E-state index in [1.807, 2.05) is 12.2 Å². The minimum atomic E-state index is -0.176. The predicted octanol–water partition coefficient (Wildman–Crippen LogP) is 3.20. The van der Waals surface area contributed by atoms with Crippen LogP contribution in [-0.2, 0) is 0 Å². The summed E-state index contributed by atoms with van der Waals surface area (Å²) in [5, 5.41) is 18.9. The highest BCUT2D eigenvalue weighted by Crippen LogP contribution is 2.47. The van der Waals surface area contributed by atoms with Crippen LogP contribution in [0.1, 0.15) is 38.5 Å². The summed E-state index contributed by atoms with van der Waals surface area (Å²) in [6.07, 6.45) is 15.1. The van der Waals surface area contributed by atoms with Crippen LogP contribution >= 0.6 is 0 Å². The molecule has 1 N–H and O–H groups in total. The third kappa shape index (κ3) is 2.30. The lowest BCUT2D eigenvalue weighted by Crippen LogP contribution is -2.41. The fraction of sp³-hybridized carbons (Fsp3) is 0.667. The van der Waals surface area contributed by atoms with Crippen molar-refractivity contribution in [3.63, 3.8) is 0 Å². The lowest BCUT2D eigenvalue weighted by atomic mass is 9.60. The van der Waals surface area contributed by atoms with Crippen molar-refractivity contribution in [1.29, 1.82) is 5.26 Å². The van der Waals surface area contributed by atoms with E-state index in [0.29, 0.717) is 12.3 Å². The second-order valence-electron chi connectivity index (χ2n) is 5.32. The first-order valence-corrected chi connectivity index (χ1v) is 6.67. The number of allylic oxidation sites excluding steroid dienone is 3. The molecule has 0 heterocycles. The molecule has 2 unspecified atom stereocenters. The van der Waals surface area contributed by atoms with Gasteiger partial charge in [0.05, 0.1) is 12.7 Å². The predicted molar refractivity (Wildman–Crippen MR) is 68.1 cm³/mol. The highest BCUT2D eigenvalue weighted by Gasteiger charge is 2.42. The van der Waals surface area contributed by atoms with Crippen molar-refractivity contribution in [1.82, 2.24) is 0 Å². The molecule has 0 aromatic rings. The molecule has 2 atom stereocenters. The first-order chi connectivity index (χ1) is 8.33. The fourth-order valence-corrected chi connectivity index (χ4v) is 3.47. The highest BCUT2D eigenvalue weighted by atomic mass is 16.3. The van der Waals surface area contributed by atoms with Crippen molar-refractivity contribution in [2.75, 3.05) is 6.61 Å². The van der Waals surface area contributed by atoms with E-state index in [1.165, 1.54) is 32.1 Å². The van der Waals surface area contributed by atoms with Crippen molar-refractivity contribution in [2.45, 2.75) is 38.5 Å². The van der Waals surface area contributed by atoms with E-state index in [1.54, 1.807) is 0 Å². The van der Waals surface area contributed by atoms with Crippen molar-refractivity contribution < 1.29 is 5.11 Å². The number of rotatable bonds is 3. The molecule has 0 bridgehead atoms. The molecule has 0 radical (unpaired) electrons. The standard InChI is InChI=1S/C15H21NO/c16-11-9-14-8-4-5-10-15(14,12-17)13-6-2-1-3-7-13/h4-5,8,10,13-14,17H,1-3,6-7,9,12H2. The molecular formula is C15H21NO. The summed E-state index contributed by atoms with van der Waals surface area (Å²) in [5.74, 6) is 0.728. The van der Waals surface area contributed by atoms with Gasteiger partial charge in [-0.1, -0.05) is 43.6 Å². The maximum atomic E-state index is 9.90. The van der Waals surface area contributed by atoms with Crippen molar-refractivity contribution in [2.24, 2.45) is 17.3 Å². The molecule has 92 valence electrons. The van der Waals surface area contributed by atoms with Crippen molar-refractivity contribution >= 4 is 0 Å². The summed E-state index contributed by atoms with van der Waals surface area (Å²) >= 11 is 0. The molecule has 0 spiro atoms. The molecule has 2 aliphatic rings. The van der Waals surface area contributed by atoms with Gasteiger partial charge in [0, 0.05) is 17.8 Å². The van der Waals surface area contributed by atoms with Gasteiger partial charge >= 0.3 is 0 Å². The molecule has 2 heteroatoms. The van der Waals surface area contributed by atoms with Crippen molar-refractivity contribution in [3.05, 3.63) is 24.3 Å². The Kier molecular flexibility index (Phi) is 4.02. The van der Waals surface area contributed by atoms with Gasteiger partial charge in [-0.2, -0.15) is 5.26 Å². The number of hydrogen-bond donors (Lipinski definition) is 1. The molecule has 0 amide bonds. The molecule has 0 saturated heterocycles. The van der Waals surface area contributed by atoms with E-state index < -0.39 is 0 Å². The minimum Gasteiger partial charge on any atom is -0.395 e. The number of nitriles is 1. The topological polar surface area (TPSA) is 44.0 Å². The minimum absolute atomic E-state index is 0.171. The Morgan fingerprint density at radius 2 is 2.00 bits per heavy atom. The zero-order valence-electron chi connectivity index (χ0n) is 10.3. The summed E-state index contributed by atoms with van der Waals surface area (Å²) in [5.41, 5.74) is -0.176. The molecule has 2 aliphatic carbocycles. The maximum Gasteiger partial charge on any atom is 0.0628 e. The summed E-state index contributed by atoms with van der Waals surface area (Å²) in [6, 6.07) is 2.27. The van der Waals surface area contributed by atoms with Crippen molar-refractivity contribution in [3.8, 4) is 6.07 Å². The second kappa shape index (κ2) is 5.51. The molecule has 0 aromatic carbocycles. The maximum absolute atomic E-state index is 9.90. The van der Waals surface area contributed by atoms with E-state index in [-0.39, 0.29) is 17.9 Å². The fourth-order valence-electron chi connectivity index (χ4n) is 3.47. The zero-order valence-corrected chi connectivity index (χ0v) is 10.3. The zero-order chi connectivity index (χ0) is 12.1. The largest absolute Gasteiger partial charge is 0.395 e. The van der Waals surface area contributed by atoms with Crippen LogP contribution in [0, 0.1) is 28.6 Å². The van der Waals surface area contributed by atoms with Gasteiger partial charge in [0.15, 0.2) is 0 Å². The lowest BCUT2D eigenvalue weighted by Gasteiger charge is -2.44. The SMILES string of the molecule is N#CCC1C=CC=CC1(CO)C1CCCCC1. The Bertz CT molecular complexity index is 346. The van der Waals surface area contributed by atoms with Gasteiger partial charge < -0.3 is 5.11 Å². The Labute approximate surface area is 104 Å². The molecule has 1 saturated carbocycles. The average molecular weight is 231 g/mol. The monoisotopic (exact) mass is 231 g/mol. The molecule has 0 aromatic heterocycles. The Morgan fingerprint density at radius 1 is 1.24 bits per heavy atom. The van der Waals surface area contributed by atoms with Gasteiger partial charge in [0.1, 0.15) is 0 Å². The molecule has 0 aliphatic heterocycles. The van der Waals surface area contributed by atoms with Crippen LogP contribution in [0.3, 0.4) is 0 Å². The number of aliphatic hydroxyl groups is 1. The third-order valence-electron chi connectivity index (χ3n) is 4.50. The molecule has 2 nitrogen and oxygen atoms in total. The smallest absolute Gasteiger partial charge is 0.0628 e. The summed E-state index contributed by atoms with van der Waals surface area (Å²) in [4.78, 5) is 0. The number of nitrogens with zero attached hydrogens (tertiary/aromatic N) is 1. The number of aliphatic hydroxyl groups excluding tert-OH is 1. The molecular weight excluding hydrogens is 210 g/mol. The van der Waals surface area contributed by atoms with Crippen LogP contribution in [0.5, 0.6) is 0 Å². The molecule has 1 fully saturated rings. The number of hydrogen-bond acceptors (Lipinski definition) is 2. The van der Waals surface area contributed by atoms with E-state index in [4.69, 9.17) is 5.26 Å². The van der Waals surface area contributed by atoms with Crippen LogP contribution in [0.25, 0.3) is 0 Å². The first-order valence-electron chi connectivity index (χ1n) is 6.67. The van der Waals surface area contributed by atoms with Gasteiger partial charge in [-0.15, -0.1) is 0 Å². The van der Waals surface area contributed by atoms with Gasteiger partial charge in [0.25, 0.3) is 0 Å². The van der Waals surface area contributed by atoms with E-state index in [2.05, 4.69) is 18.2 Å². The quantitative estimate of drug-likeness (QED) is 0.810. The Hall–Kier alpha value is -1.07. The summed E-state index contributed by atoms with van der Waals surface area (Å²) in [6.45, 7) is 0.171. The lowest BCUT2D eigenvalue weighted by molar-refractivity contribution is 0.0460. The summed E-state index contributed by atoms with van der Waals surface area (Å²) < 4.78 is 0. The van der Waals surface area contributed by atoms with E-state index >= 15 is 0 Å². The normalized spacial score (nSPS) is 33.5. The van der Waals surface area contributed by atoms with Gasteiger partial charge in [-0.3, -0.25) is 0 Å². The van der Waals surface area contributed by atoms with Gasteiger partial charge in [-0.05, 0) is 18.8 Å². The van der Waals surface area contributed by atoms with Crippen LogP contribution in [-0.4, -0.2) is 11.7 Å². The summed E-state index contributed by atoms with van der Waals surface area (Å²) in [7, 11) is 0. The van der Waals surface area contributed by atoms with Crippen LogP contribution < -0.4 is 0 Å². The highest BCUT2D eigenvalue weighted by molar-refractivity contribution is 5.22. The average Bonchev–Trinajstić information content (AvgIpc) is 2.41. The van der Waals surface area contributed by atoms with Crippen LogP contribution in [0.2, 0.25) is 0 Å². The second-order valence-corrected chi connectivity index (χ2v) is 5.32. The first kappa shape index (κ1) is 12.4. The third-order valence-corrected chi connectivity index (χ3v) is 4.50. The van der Waals surface area contributed by atoms with E-state index in [0.717, 1.165) is 0 Å². The Morgan fingerprint density at radius 3 is 2.65 bits per heavy atom. The van der Waals surface area contributed by atoms with Crippen LogP contribution in [0.15, 0.2) is 24.3 Å².